The van der Waals surface area contributed by atoms with Crippen LogP contribution in [-0.4, -0.2) is 28.3 Å². The Hall–Kier alpha value is -0.830. The van der Waals surface area contributed by atoms with Crippen molar-refractivity contribution >= 4 is 0 Å². The molecule has 13 heavy (non-hydrogen) atoms. The fraction of sp³-hybridized carbons (Fsp3) is 0.700. The first-order valence-corrected chi connectivity index (χ1v) is 4.92. The van der Waals surface area contributed by atoms with Crippen molar-refractivity contribution in [1.29, 1.82) is 0 Å². The van der Waals surface area contributed by atoms with Gasteiger partial charge in [-0.15, -0.1) is 0 Å². The Bertz CT molecular complexity index is 301. The molecule has 0 bridgehead atoms. The number of hydrogen-bond donors (Lipinski definition) is 0. The highest BCUT2D eigenvalue weighted by Gasteiger charge is 2.18. The minimum atomic E-state index is 0.482. The smallest absolute Gasteiger partial charge is 0.0559 e. The van der Waals surface area contributed by atoms with E-state index in [0.717, 1.165) is 19.5 Å². The molecule has 0 spiro atoms. The van der Waals surface area contributed by atoms with Crippen molar-refractivity contribution < 1.29 is 0 Å². The molecule has 0 fully saturated rings. The molecule has 3 heteroatoms. The maximum atomic E-state index is 4.42. The molecule has 1 aromatic heterocycles. The molecule has 72 valence electrons. The Morgan fingerprint density at radius 2 is 2.23 bits per heavy atom. The molecule has 0 unspecified atom stereocenters. The highest BCUT2D eigenvalue weighted by atomic mass is 15.3. The molecule has 1 aromatic rings. The molecule has 2 rings (SSSR count). The van der Waals surface area contributed by atoms with Gasteiger partial charge in [0.05, 0.1) is 11.9 Å². The van der Waals surface area contributed by atoms with E-state index in [1.54, 1.807) is 0 Å². The topological polar surface area (TPSA) is 21.1 Å². The average Bonchev–Trinajstić information content (AvgIpc) is 2.46. The van der Waals surface area contributed by atoms with Gasteiger partial charge in [-0.05, 0) is 32.9 Å². The fourth-order valence-electron chi connectivity index (χ4n) is 1.90. The van der Waals surface area contributed by atoms with Crippen LogP contribution in [0.15, 0.2) is 6.20 Å². The van der Waals surface area contributed by atoms with Crippen molar-refractivity contribution in [1.82, 2.24) is 14.7 Å². The maximum Gasteiger partial charge on any atom is 0.0559 e. The van der Waals surface area contributed by atoms with E-state index in [4.69, 9.17) is 0 Å². The van der Waals surface area contributed by atoms with E-state index in [-0.39, 0.29) is 0 Å². The van der Waals surface area contributed by atoms with Crippen molar-refractivity contribution in [2.45, 2.75) is 32.9 Å². The summed E-state index contributed by atoms with van der Waals surface area (Å²) in [7, 11) is 2.17. The Balaban J connectivity index is 2.35. The van der Waals surface area contributed by atoms with E-state index in [2.05, 4.69) is 35.6 Å². The predicted octanol–water partition coefficient (Wildman–Crippen LogP) is 1.45. The molecular formula is C10H17N3. The zero-order valence-electron chi connectivity index (χ0n) is 8.62. The minimum Gasteiger partial charge on any atom is -0.300 e. The molecule has 0 amide bonds. The molecular weight excluding hydrogens is 162 g/mol. The number of aromatic nitrogens is 2. The van der Waals surface area contributed by atoms with E-state index < -0.39 is 0 Å². The molecule has 0 aromatic carbocycles. The van der Waals surface area contributed by atoms with Crippen LogP contribution in [0.5, 0.6) is 0 Å². The standard InChI is InChI=1S/C10H17N3/c1-8(2)13-10-7-12(3)5-4-9(10)6-11-13/h6,8H,4-5,7H2,1-3H3. The lowest BCUT2D eigenvalue weighted by molar-refractivity contribution is 0.296. The van der Waals surface area contributed by atoms with Crippen molar-refractivity contribution in [3.63, 3.8) is 0 Å². The van der Waals surface area contributed by atoms with Crippen molar-refractivity contribution in [2.24, 2.45) is 0 Å². The van der Waals surface area contributed by atoms with Gasteiger partial charge >= 0.3 is 0 Å². The molecule has 0 aliphatic carbocycles. The summed E-state index contributed by atoms with van der Waals surface area (Å²) < 4.78 is 2.14. The number of hydrogen-bond acceptors (Lipinski definition) is 2. The van der Waals surface area contributed by atoms with E-state index in [1.165, 1.54) is 11.3 Å². The van der Waals surface area contributed by atoms with Crippen LogP contribution in [0.1, 0.15) is 31.1 Å². The summed E-state index contributed by atoms with van der Waals surface area (Å²) >= 11 is 0. The fourth-order valence-corrected chi connectivity index (χ4v) is 1.90. The molecule has 0 saturated carbocycles. The second-order valence-electron chi connectivity index (χ2n) is 4.14. The molecule has 0 atom stereocenters. The molecule has 0 radical (unpaired) electrons. The lowest BCUT2D eigenvalue weighted by Gasteiger charge is -2.24. The van der Waals surface area contributed by atoms with Crippen LogP contribution in [0.2, 0.25) is 0 Å². The number of rotatable bonds is 1. The average molecular weight is 179 g/mol. The summed E-state index contributed by atoms with van der Waals surface area (Å²) in [6.45, 7) is 6.58. The van der Waals surface area contributed by atoms with E-state index >= 15 is 0 Å². The van der Waals surface area contributed by atoms with Crippen molar-refractivity contribution in [3.8, 4) is 0 Å². The number of likely N-dealkylation sites (N-methyl/N-ethyl adjacent to an activating group) is 1. The van der Waals surface area contributed by atoms with Gasteiger partial charge in [-0.3, -0.25) is 4.68 Å². The maximum absolute atomic E-state index is 4.42. The predicted molar refractivity (Wildman–Crippen MR) is 52.7 cm³/mol. The van der Waals surface area contributed by atoms with Crippen molar-refractivity contribution in [3.05, 3.63) is 17.5 Å². The zero-order chi connectivity index (χ0) is 9.42. The molecule has 1 aliphatic heterocycles. The van der Waals surface area contributed by atoms with Gasteiger partial charge in [-0.1, -0.05) is 0 Å². The first kappa shape index (κ1) is 8.75. The molecule has 0 saturated heterocycles. The van der Waals surface area contributed by atoms with Crippen LogP contribution in [0.3, 0.4) is 0 Å². The SMILES string of the molecule is CC(C)n1ncc2c1CN(C)CC2. The van der Waals surface area contributed by atoms with Gasteiger partial charge in [0.25, 0.3) is 0 Å². The lowest BCUT2D eigenvalue weighted by atomic mass is 10.1. The van der Waals surface area contributed by atoms with Crippen LogP contribution >= 0.6 is 0 Å². The minimum absolute atomic E-state index is 0.482. The monoisotopic (exact) mass is 179 g/mol. The van der Waals surface area contributed by atoms with E-state index in [1.807, 2.05) is 6.20 Å². The Morgan fingerprint density at radius 3 is 2.92 bits per heavy atom. The van der Waals surface area contributed by atoms with Crippen molar-refractivity contribution in [2.75, 3.05) is 13.6 Å². The van der Waals surface area contributed by atoms with Gasteiger partial charge in [0.15, 0.2) is 0 Å². The Morgan fingerprint density at radius 1 is 1.46 bits per heavy atom. The second-order valence-corrected chi connectivity index (χ2v) is 4.14. The first-order valence-electron chi connectivity index (χ1n) is 4.92. The van der Waals surface area contributed by atoms with E-state index in [0.29, 0.717) is 6.04 Å². The third-order valence-corrected chi connectivity index (χ3v) is 2.66. The zero-order valence-corrected chi connectivity index (χ0v) is 8.62. The van der Waals surface area contributed by atoms with E-state index in [9.17, 15) is 0 Å². The highest BCUT2D eigenvalue weighted by molar-refractivity contribution is 5.21. The highest BCUT2D eigenvalue weighted by Crippen LogP contribution is 2.20. The Labute approximate surface area is 79.3 Å². The number of fused-ring (bicyclic) bond motifs is 1. The third kappa shape index (κ3) is 1.48. The summed E-state index contributed by atoms with van der Waals surface area (Å²) in [5.41, 5.74) is 2.84. The normalized spacial score (nSPS) is 17.8. The largest absolute Gasteiger partial charge is 0.300 e. The van der Waals surface area contributed by atoms with Crippen LogP contribution in [0.25, 0.3) is 0 Å². The van der Waals surface area contributed by atoms with Crippen LogP contribution in [0.4, 0.5) is 0 Å². The summed E-state index contributed by atoms with van der Waals surface area (Å²) in [6.07, 6.45) is 3.18. The quantitative estimate of drug-likeness (QED) is 0.650. The number of nitrogens with zero attached hydrogens (tertiary/aromatic N) is 3. The van der Waals surface area contributed by atoms with Gasteiger partial charge in [0, 0.05) is 19.1 Å². The molecule has 0 N–H and O–H groups in total. The van der Waals surface area contributed by atoms with Gasteiger partial charge in [0.1, 0.15) is 0 Å². The summed E-state index contributed by atoms with van der Waals surface area (Å²) in [6, 6.07) is 0.482. The van der Waals surface area contributed by atoms with Gasteiger partial charge in [-0.2, -0.15) is 5.10 Å². The molecule has 2 heterocycles. The van der Waals surface area contributed by atoms with Crippen LogP contribution in [-0.2, 0) is 13.0 Å². The molecule has 3 nitrogen and oxygen atoms in total. The van der Waals surface area contributed by atoms with Gasteiger partial charge < -0.3 is 4.90 Å². The summed E-state index contributed by atoms with van der Waals surface area (Å²) in [5, 5.41) is 4.42. The lowest BCUT2D eigenvalue weighted by Crippen LogP contribution is -2.28. The second kappa shape index (κ2) is 3.14. The van der Waals surface area contributed by atoms with Gasteiger partial charge in [-0.25, -0.2) is 0 Å². The van der Waals surface area contributed by atoms with Crippen LogP contribution in [0, 0.1) is 0 Å². The first-order chi connectivity index (χ1) is 6.18. The third-order valence-electron chi connectivity index (χ3n) is 2.66. The summed E-state index contributed by atoms with van der Waals surface area (Å²) in [5.74, 6) is 0. The summed E-state index contributed by atoms with van der Waals surface area (Å²) in [4.78, 5) is 2.35. The van der Waals surface area contributed by atoms with Gasteiger partial charge in [0.2, 0.25) is 0 Å². The molecule has 1 aliphatic rings. The Kier molecular flexibility index (Phi) is 2.12. The van der Waals surface area contributed by atoms with Crippen LogP contribution < -0.4 is 0 Å².